The van der Waals surface area contributed by atoms with Gasteiger partial charge in [0.25, 0.3) is 0 Å². The highest BCUT2D eigenvalue weighted by atomic mass is 16.5. The van der Waals surface area contributed by atoms with Crippen LogP contribution in [0.1, 0.15) is 12.0 Å². The zero-order valence-electron chi connectivity index (χ0n) is 10.4. The van der Waals surface area contributed by atoms with Gasteiger partial charge in [-0.05, 0) is 12.0 Å². The summed E-state index contributed by atoms with van der Waals surface area (Å²) in [5.74, 6) is 0. The second-order valence-corrected chi connectivity index (χ2v) is 3.28. The molecule has 0 saturated heterocycles. The fourth-order valence-electron chi connectivity index (χ4n) is 1.05. The van der Waals surface area contributed by atoms with Crippen LogP contribution in [0.15, 0.2) is 43.0 Å². The lowest BCUT2D eigenvalue weighted by molar-refractivity contribution is 0.179. The first-order valence-corrected chi connectivity index (χ1v) is 5.55. The van der Waals surface area contributed by atoms with Crippen LogP contribution in [0.25, 0.3) is 0 Å². The van der Waals surface area contributed by atoms with Gasteiger partial charge in [-0.15, -0.1) is 6.58 Å². The molecule has 1 N–H and O–H groups in total. The molecule has 0 aliphatic rings. The smallest absolute Gasteiger partial charge is 0.0811 e. The Balaban J connectivity index is 0.000000304. The summed E-state index contributed by atoms with van der Waals surface area (Å²) in [6.45, 7) is 5.33. The van der Waals surface area contributed by atoms with Gasteiger partial charge in [0, 0.05) is 13.3 Å². The molecule has 0 radical (unpaired) electrons. The summed E-state index contributed by atoms with van der Waals surface area (Å²) >= 11 is 0. The number of benzene rings is 1. The van der Waals surface area contributed by atoms with Crippen LogP contribution < -0.4 is 0 Å². The largest absolute Gasteiger partial charge is 0.380 e. The molecule has 0 atom stereocenters. The van der Waals surface area contributed by atoms with Crippen molar-refractivity contribution in [2.75, 3.05) is 20.3 Å². The van der Waals surface area contributed by atoms with Crippen molar-refractivity contribution in [3.05, 3.63) is 48.6 Å². The SMILES string of the molecule is C=CCCOCC=N.COCc1ccccc1. The minimum absolute atomic E-state index is 0.424. The van der Waals surface area contributed by atoms with E-state index >= 15 is 0 Å². The topological polar surface area (TPSA) is 42.3 Å². The van der Waals surface area contributed by atoms with Crippen molar-refractivity contribution in [2.45, 2.75) is 13.0 Å². The Morgan fingerprint density at radius 1 is 1.29 bits per heavy atom. The van der Waals surface area contributed by atoms with Gasteiger partial charge in [-0.2, -0.15) is 0 Å². The number of hydrogen-bond acceptors (Lipinski definition) is 3. The third kappa shape index (κ3) is 10.8. The average Bonchev–Trinajstić information content (AvgIpc) is 2.37. The molecule has 0 aliphatic heterocycles. The molecule has 17 heavy (non-hydrogen) atoms. The van der Waals surface area contributed by atoms with Gasteiger partial charge < -0.3 is 14.9 Å². The van der Waals surface area contributed by atoms with Gasteiger partial charge in [0.05, 0.1) is 19.8 Å². The van der Waals surface area contributed by atoms with Gasteiger partial charge in [0.15, 0.2) is 0 Å². The highest BCUT2D eigenvalue weighted by Gasteiger charge is 1.84. The third-order valence-corrected chi connectivity index (χ3v) is 1.82. The summed E-state index contributed by atoms with van der Waals surface area (Å²) in [5.41, 5.74) is 1.22. The zero-order valence-corrected chi connectivity index (χ0v) is 10.4. The molecular formula is C14H21NO2. The molecule has 0 fully saturated rings. The van der Waals surface area contributed by atoms with Crippen LogP contribution in [0.4, 0.5) is 0 Å². The highest BCUT2D eigenvalue weighted by molar-refractivity contribution is 5.53. The van der Waals surface area contributed by atoms with Crippen LogP contribution in [0, 0.1) is 5.41 Å². The first-order valence-electron chi connectivity index (χ1n) is 5.55. The van der Waals surface area contributed by atoms with E-state index in [0.29, 0.717) is 19.8 Å². The van der Waals surface area contributed by atoms with E-state index in [4.69, 9.17) is 14.9 Å². The van der Waals surface area contributed by atoms with Crippen LogP contribution in [-0.2, 0) is 16.1 Å². The fourth-order valence-corrected chi connectivity index (χ4v) is 1.05. The van der Waals surface area contributed by atoms with Crippen molar-refractivity contribution in [3.8, 4) is 0 Å². The molecule has 0 amide bonds. The summed E-state index contributed by atoms with van der Waals surface area (Å²) in [6, 6.07) is 10.1. The Hall–Kier alpha value is -1.45. The number of methoxy groups -OCH3 is 1. The predicted octanol–water partition coefficient (Wildman–Crippen LogP) is 3.06. The molecule has 0 heterocycles. The van der Waals surface area contributed by atoms with Crippen LogP contribution in [-0.4, -0.2) is 26.5 Å². The molecule has 0 bridgehead atoms. The van der Waals surface area contributed by atoms with Crippen molar-refractivity contribution >= 4 is 6.21 Å². The quantitative estimate of drug-likeness (QED) is 0.448. The van der Waals surface area contributed by atoms with Crippen molar-refractivity contribution in [1.29, 1.82) is 5.41 Å². The molecule has 0 saturated carbocycles. The molecule has 1 aromatic rings. The lowest BCUT2D eigenvalue weighted by Crippen LogP contribution is -1.94. The molecule has 1 rings (SSSR count). The highest BCUT2D eigenvalue weighted by Crippen LogP contribution is 1.98. The van der Waals surface area contributed by atoms with E-state index in [2.05, 4.69) is 6.58 Å². The summed E-state index contributed by atoms with van der Waals surface area (Å²) in [7, 11) is 1.70. The molecule has 0 unspecified atom stereocenters. The molecule has 0 spiro atoms. The zero-order chi connectivity index (χ0) is 12.8. The summed E-state index contributed by atoms with van der Waals surface area (Å²) in [6.07, 6.45) is 3.90. The molecular weight excluding hydrogens is 214 g/mol. The first kappa shape index (κ1) is 15.6. The summed E-state index contributed by atoms with van der Waals surface area (Å²) in [5, 5.41) is 6.56. The van der Waals surface area contributed by atoms with E-state index < -0.39 is 0 Å². The van der Waals surface area contributed by atoms with Crippen molar-refractivity contribution in [2.24, 2.45) is 0 Å². The average molecular weight is 235 g/mol. The van der Waals surface area contributed by atoms with E-state index in [-0.39, 0.29) is 0 Å². The maximum absolute atomic E-state index is 6.56. The van der Waals surface area contributed by atoms with Gasteiger partial charge in [0.1, 0.15) is 0 Å². The fraction of sp³-hybridized carbons (Fsp3) is 0.357. The maximum Gasteiger partial charge on any atom is 0.0811 e. The molecule has 94 valence electrons. The number of rotatable bonds is 7. The lowest BCUT2D eigenvalue weighted by atomic mass is 10.2. The maximum atomic E-state index is 6.56. The number of nitrogens with one attached hydrogen (secondary N) is 1. The van der Waals surface area contributed by atoms with Crippen LogP contribution in [0.2, 0.25) is 0 Å². The minimum Gasteiger partial charge on any atom is -0.380 e. The predicted molar refractivity (Wildman–Crippen MR) is 71.6 cm³/mol. The minimum atomic E-state index is 0.424. The number of hydrogen-bond donors (Lipinski definition) is 1. The third-order valence-electron chi connectivity index (χ3n) is 1.82. The van der Waals surface area contributed by atoms with Gasteiger partial charge in [-0.3, -0.25) is 0 Å². The molecule has 0 aromatic heterocycles. The number of ether oxygens (including phenoxy) is 2. The van der Waals surface area contributed by atoms with Crippen molar-refractivity contribution < 1.29 is 9.47 Å². The van der Waals surface area contributed by atoms with Crippen molar-refractivity contribution in [1.82, 2.24) is 0 Å². The van der Waals surface area contributed by atoms with Crippen LogP contribution in [0.3, 0.4) is 0 Å². The molecule has 0 aliphatic carbocycles. The Labute approximate surface area is 104 Å². The van der Waals surface area contributed by atoms with E-state index in [1.165, 1.54) is 11.8 Å². The van der Waals surface area contributed by atoms with Gasteiger partial charge in [-0.1, -0.05) is 36.4 Å². The van der Waals surface area contributed by atoms with E-state index in [0.717, 1.165) is 6.42 Å². The van der Waals surface area contributed by atoms with Gasteiger partial charge in [-0.25, -0.2) is 0 Å². The van der Waals surface area contributed by atoms with Gasteiger partial charge in [0.2, 0.25) is 0 Å². The Morgan fingerprint density at radius 3 is 2.53 bits per heavy atom. The summed E-state index contributed by atoms with van der Waals surface area (Å²) in [4.78, 5) is 0. The van der Waals surface area contributed by atoms with Crippen LogP contribution >= 0.6 is 0 Å². The standard InChI is InChI=1S/C8H10O.C6H11NO/c1-9-7-8-5-3-2-4-6-8;1-2-3-5-8-6-4-7/h2-6H,7H2,1H3;2,4,7H,1,3,5-6H2. The Morgan fingerprint density at radius 2 is 2.00 bits per heavy atom. The van der Waals surface area contributed by atoms with E-state index in [9.17, 15) is 0 Å². The lowest BCUT2D eigenvalue weighted by Gasteiger charge is -1.95. The van der Waals surface area contributed by atoms with Crippen LogP contribution in [0.5, 0.6) is 0 Å². The van der Waals surface area contributed by atoms with E-state index in [1.54, 1.807) is 13.2 Å². The normalized spacial score (nSPS) is 9.00. The van der Waals surface area contributed by atoms with Crippen molar-refractivity contribution in [3.63, 3.8) is 0 Å². The molecule has 3 heteroatoms. The summed E-state index contributed by atoms with van der Waals surface area (Å²) < 4.78 is 9.84. The molecule has 3 nitrogen and oxygen atoms in total. The van der Waals surface area contributed by atoms with Gasteiger partial charge >= 0.3 is 0 Å². The first-order chi connectivity index (χ1) is 8.35. The van der Waals surface area contributed by atoms with E-state index in [1.807, 2.05) is 30.3 Å². The molecule has 1 aromatic carbocycles. The Bertz CT molecular complexity index is 276. The Kier molecular flexibility index (Phi) is 11.5. The second kappa shape index (κ2) is 12.6. The monoisotopic (exact) mass is 235 g/mol. The second-order valence-electron chi connectivity index (χ2n) is 3.28.